The molecule has 0 spiro atoms. The second-order valence-corrected chi connectivity index (χ2v) is 9.86. The largest absolute Gasteiger partial charge is 0.496 e. The van der Waals surface area contributed by atoms with Crippen molar-refractivity contribution in [1.29, 1.82) is 0 Å². The van der Waals surface area contributed by atoms with E-state index in [-0.39, 0.29) is 0 Å². The maximum absolute atomic E-state index is 5.85. The monoisotopic (exact) mass is 466 g/mol. The number of pyridine rings is 1. The lowest BCUT2D eigenvalue weighted by Crippen LogP contribution is -2.55. The van der Waals surface area contributed by atoms with Gasteiger partial charge in [0.15, 0.2) is 5.69 Å². The Labute approximate surface area is 201 Å². The predicted octanol–water partition coefficient (Wildman–Crippen LogP) is 4.61. The summed E-state index contributed by atoms with van der Waals surface area (Å²) in [7, 11) is 7.46. The van der Waals surface area contributed by atoms with Crippen molar-refractivity contribution >= 4 is 11.2 Å². The van der Waals surface area contributed by atoms with Crippen molar-refractivity contribution in [3.05, 3.63) is 41.6 Å². The lowest BCUT2D eigenvalue weighted by molar-refractivity contribution is 0.158. The number of quaternary nitrogens is 1. The number of likely N-dealkylation sites (N-methyl/N-ethyl adjacent to an activating group) is 1. The maximum atomic E-state index is 5.85. The van der Waals surface area contributed by atoms with Crippen LogP contribution in [0, 0.1) is 12.8 Å². The summed E-state index contributed by atoms with van der Waals surface area (Å²) in [5.41, 5.74) is 6.35. The number of benzene rings is 1. The molecule has 1 aliphatic heterocycles. The van der Waals surface area contributed by atoms with Gasteiger partial charge in [0, 0.05) is 19.4 Å². The number of hydrogen-bond donors (Lipinski definition) is 0. The molecule has 0 N–H and O–H groups in total. The molecule has 2 aromatic heterocycles. The molecule has 3 heterocycles. The lowest BCUT2D eigenvalue weighted by Gasteiger charge is -2.39. The Balaban J connectivity index is 1.70. The molecule has 0 amide bonds. The van der Waals surface area contributed by atoms with Crippen LogP contribution in [0.15, 0.2) is 30.3 Å². The molecule has 2 fully saturated rings. The topological polar surface area (TPSA) is 54.2 Å². The van der Waals surface area contributed by atoms with Crippen LogP contribution in [0.5, 0.6) is 11.5 Å². The third-order valence-electron chi connectivity index (χ3n) is 7.49. The SMILES string of the molecule is COCc1cc(OC)c(-c2cccc3c([N+](C)(CC4CC4)C4CCOC4)c(C)nn23)c(OC)c1. The molecule has 0 radical (unpaired) electrons. The number of aromatic nitrogens is 2. The molecule has 5 rings (SSSR count). The average molecular weight is 467 g/mol. The average Bonchev–Trinajstić information content (AvgIpc) is 3.32. The van der Waals surface area contributed by atoms with E-state index >= 15 is 0 Å². The summed E-state index contributed by atoms with van der Waals surface area (Å²) in [6, 6.07) is 10.9. The summed E-state index contributed by atoms with van der Waals surface area (Å²) < 4.78 is 25.8. The maximum Gasteiger partial charge on any atom is 0.182 e. The fourth-order valence-corrected chi connectivity index (χ4v) is 5.69. The van der Waals surface area contributed by atoms with Gasteiger partial charge in [-0.25, -0.2) is 4.52 Å². The Bertz CT molecular complexity index is 1160. The van der Waals surface area contributed by atoms with Gasteiger partial charge in [-0.1, -0.05) is 6.07 Å². The quantitative estimate of drug-likeness (QED) is 0.431. The fraction of sp³-hybridized carbons (Fsp3) is 0.519. The Morgan fingerprint density at radius 2 is 1.82 bits per heavy atom. The third-order valence-corrected chi connectivity index (χ3v) is 7.49. The van der Waals surface area contributed by atoms with Crippen LogP contribution in [-0.2, 0) is 16.1 Å². The number of aryl methyl sites for hydroxylation is 1. The van der Waals surface area contributed by atoms with Crippen LogP contribution in [0.4, 0.5) is 5.69 Å². The molecular formula is C27H36N3O4+. The van der Waals surface area contributed by atoms with Crippen molar-refractivity contribution in [2.24, 2.45) is 5.92 Å². The highest BCUT2D eigenvalue weighted by Crippen LogP contribution is 2.44. The smallest absolute Gasteiger partial charge is 0.182 e. The van der Waals surface area contributed by atoms with Crippen LogP contribution in [-0.4, -0.2) is 63.8 Å². The minimum Gasteiger partial charge on any atom is -0.496 e. The highest BCUT2D eigenvalue weighted by molar-refractivity contribution is 5.81. The van der Waals surface area contributed by atoms with Crippen molar-refractivity contribution in [2.45, 2.75) is 38.8 Å². The standard InChI is InChI=1S/C27H36N3O4/c1-18-27(30(2,15-19-9-10-19)21-11-12-34-17-21)23-8-6-7-22(29(23)28-18)26-24(32-4)13-20(16-31-3)14-25(26)33-5/h6-8,13-14,19,21H,9-12,15-17H2,1-5H3/q+1. The van der Waals surface area contributed by atoms with Gasteiger partial charge in [0.1, 0.15) is 28.8 Å². The summed E-state index contributed by atoms with van der Waals surface area (Å²) >= 11 is 0. The Morgan fingerprint density at radius 3 is 2.41 bits per heavy atom. The molecule has 1 saturated heterocycles. The zero-order valence-corrected chi connectivity index (χ0v) is 21.0. The molecule has 7 heteroatoms. The van der Waals surface area contributed by atoms with E-state index < -0.39 is 0 Å². The van der Waals surface area contributed by atoms with E-state index in [0.717, 1.165) is 76.1 Å². The summed E-state index contributed by atoms with van der Waals surface area (Å²) in [6.07, 6.45) is 3.74. The van der Waals surface area contributed by atoms with Crippen LogP contribution >= 0.6 is 0 Å². The van der Waals surface area contributed by atoms with Gasteiger partial charge in [-0.2, -0.15) is 5.10 Å². The number of nitrogens with zero attached hydrogens (tertiary/aromatic N) is 3. The number of methoxy groups -OCH3 is 3. The van der Waals surface area contributed by atoms with E-state index in [1.807, 2.05) is 12.1 Å². The zero-order valence-electron chi connectivity index (χ0n) is 21.0. The van der Waals surface area contributed by atoms with Crippen LogP contribution < -0.4 is 14.0 Å². The minimum absolute atomic E-state index is 0.452. The normalized spacial score (nSPS) is 20.0. The number of rotatable bonds is 9. The van der Waals surface area contributed by atoms with E-state index in [0.29, 0.717) is 12.6 Å². The van der Waals surface area contributed by atoms with Gasteiger partial charge in [-0.05, 0) is 49.6 Å². The first-order valence-electron chi connectivity index (χ1n) is 12.2. The molecule has 1 aromatic carbocycles. The first kappa shape index (κ1) is 23.1. The van der Waals surface area contributed by atoms with Gasteiger partial charge < -0.3 is 18.9 Å². The van der Waals surface area contributed by atoms with Crippen molar-refractivity contribution in [2.75, 3.05) is 48.1 Å². The Hall–Kier alpha value is -2.61. The summed E-state index contributed by atoms with van der Waals surface area (Å²) in [4.78, 5) is 0. The van der Waals surface area contributed by atoms with Crippen molar-refractivity contribution in [3.8, 4) is 22.8 Å². The van der Waals surface area contributed by atoms with E-state index in [9.17, 15) is 0 Å². The Morgan fingerprint density at radius 1 is 1.09 bits per heavy atom. The van der Waals surface area contributed by atoms with Crippen molar-refractivity contribution in [3.63, 3.8) is 0 Å². The van der Waals surface area contributed by atoms with Crippen LogP contribution in [0.25, 0.3) is 16.8 Å². The van der Waals surface area contributed by atoms with Gasteiger partial charge in [0.05, 0.1) is 58.9 Å². The first-order valence-corrected chi connectivity index (χ1v) is 12.2. The highest BCUT2D eigenvalue weighted by Gasteiger charge is 2.45. The Kier molecular flexibility index (Phi) is 6.27. The molecule has 2 aliphatic rings. The molecule has 7 nitrogen and oxygen atoms in total. The molecule has 182 valence electrons. The molecule has 34 heavy (non-hydrogen) atoms. The van der Waals surface area contributed by atoms with Crippen molar-refractivity contribution in [1.82, 2.24) is 14.1 Å². The highest BCUT2D eigenvalue weighted by atomic mass is 16.5. The van der Waals surface area contributed by atoms with Gasteiger partial charge in [-0.15, -0.1) is 0 Å². The van der Waals surface area contributed by atoms with E-state index in [1.165, 1.54) is 18.5 Å². The third kappa shape index (κ3) is 3.96. The van der Waals surface area contributed by atoms with Gasteiger partial charge in [0.2, 0.25) is 0 Å². The molecule has 1 aliphatic carbocycles. The van der Waals surface area contributed by atoms with E-state index in [2.05, 4.69) is 36.7 Å². The molecule has 0 bridgehead atoms. The van der Waals surface area contributed by atoms with Gasteiger partial charge in [0.25, 0.3) is 0 Å². The number of fused-ring (bicyclic) bond motifs is 1. The van der Waals surface area contributed by atoms with E-state index in [1.54, 1.807) is 21.3 Å². The fourth-order valence-electron chi connectivity index (χ4n) is 5.69. The second kappa shape index (κ2) is 9.21. The van der Waals surface area contributed by atoms with Crippen molar-refractivity contribution < 1.29 is 18.9 Å². The predicted molar refractivity (Wildman–Crippen MR) is 134 cm³/mol. The molecule has 2 atom stereocenters. The summed E-state index contributed by atoms with van der Waals surface area (Å²) in [6.45, 7) is 5.42. The minimum atomic E-state index is 0.452. The molecule has 2 unspecified atom stereocenters. The van der Waals surface area contributed by atoms with E-state index in [4.69, 9.17) is 24.0 Å². The van der Waals surface area contributed by atoms with Crippen LogP contribution in [0.1, 0.15) is 30.5 Å². The first-order chi connectivity index (χ1) is 16.5. The van der Waals surface area contributed by atoms with Crippen LogP contribution in [0.3, 0.4) is 0 Å². The summed E-state index contributed by atoms with van der Waals surface area (Å²) in [5.74, 6) is 2.28. The van der Waals surface area contributed by atoms with Crippen LogP contribution in [0.2, 0.25) is 0 Å². The number of hydrogen-bond acceptors (Lipinski definition) is 5. The lowest BCUT2D eigenvalue weighted by atomic mass is 10.0. The van der Waals surface area contributed by atoms with Gasteiger partial charge >= 0.3 is 0 Å². The van der Waals surface area contributed by atoms with Gasteiger partial charge in [-0.3, -0.25) is 4.48 Å². The number of ether oxygens (including phenoxy) is 4. The molecule has 1 saturated carbocycles. The zero-order chi connectivity index (χ0) is 23.9. The second-order valence-electron chi connectivity index (χ2n) is 9.86. The molecular weight excluding hydrogens is 430 g/mol. The molecule has 3 aromatic rings. The summed E-state index contributed by atoms with van der Waals surface area (Å²) in [5, 5.41) is 5.09.